The third-order valence-electron chi connectivity index (χ3n) is 8.09. The molecule has 1 atom stereocenters. The summed E-state index contributed by atoms with van der Waals surface area (Å²) in [6.07, 6.45) is -0.297. The van der Waals surface area contributed by atoms with E-state index in [2.05, 4.69) is 26.3 Å². The first-order valence-corrected chi connectivity index (χ1v) is 17.3. The van der Waals surface area contributed by atoms with E-state index in [0.717, 1.165) is 28.6 Å². The van der Waals surface area contributed by atoms with Gasteiger partial charge >= 0.3 is 6.16 Å². The van der Waals surface area contributed by atoms with Crippen LogP contribution in [0, 0.1) is 0 Å². The number of ether oxygens (including phenoxy) is 4. The molecular weight excluding hydrogens is 688 g/mol. The van der Waals surface area contributed by atoms with Gasteiger partial charge in [-0.2, -0.15) is 0 Å². The molecule has 0 saturated heterocycles. The van der Waals surface area contributed by atoms with Gasteiger partial charge in [0.15, 0.2) is 0 Å². The molecule has 0 spiro atoms. The number of methoxy groups -OCH3 is 1. The normalized spacial score (nSPS) is 12.6. The molecule has 1 aliphatic carbocycles. The Morgan fingerprint density at radius 3 is 2.43 bits per heavy atom. The molecule has 4 N–H and O–H groups in total. The zero-order valence-corrected chi connectivity index (χ0v) is 30.1. The van der Waals surface area contributed by atoms with Crippen molar-refractivity contribution in [2.75, 3.05) is 72.3 Å². The molecule has 16 heteroatoms. The predicted octanol–water partition coefficient (Wildman–Crippen LogP) is 3.07. The monoisotopic (exact) mass is 734 g/mol. The predicted molar refractivity (Wildman–Crippen MR) is 194 cm³/mol. The first kappa shape index (κ1) is 40.4. The standard InChI is InChI=1S/C36H42N6O9.CH4O/c1-3-48-18-17-38-35(45)27-9-6-8-25-29(23-50-36(46)51-42-31-11-5-4-10-30(31)40-41-42)28-22-24(14-15-26(28)34(25)27)39-33(44)13-7-12-32(43)37-16-19-49-21-20-47-2;1-2/h4-6,8-11,14-15,22,29H,3,7,12-13,16-21,23H2,1-2H3,(H,37,43)(H,38,45)(H,39,44);2H,1H3. The number of hydrogen-bond donors (Lipinski definition) is 4. The smallest absolute Gasteiger partial charge is 0.432 e. The van der Waals surface area contributed by atoms with Gasteiger partial charge in [0, 0.05) is 63.9 Å². The van der Waals surface area contributed by atoms with E-state index in [-0.39, 0.29) is 37.2 Å². The quantitative estimate of drug-likeness (QED) is 0.0624. The maximum atomic E-state index is 13.3. The number of carbonyl (C=O) groups is 4. The molecule has 53 heavy (non-hydrogen) atoms. The highest BCUT2D eigenvalue weighted by molar-refractivity contribution is 6.04. The van der Waals surface area contributed by atoms with E-state index < -0.39 is 12.1 Å². The topological polar surface area (TPSA) is 201 Å². The number of aliphatic hydroxyl groups excluding tert-OH is 1. The van der Waals surface area contributed by atoms with Crippen LogP contribution < -0.4 is 20.8 Å². The van der Waals surface area contributed by atoms with E-state index in [1.54, 1.807) is 49.6 Å². The lowest BCUT2D eigenvalue weighted by Gasteiger charge is -2.15. The summed E-state index contributed by atoms with van der Waals surface area (Å²) in [5, 5.41) is 23.4. The molecule has 0 aliphatic heterocycles. The summed E-state index contributed by atoms with van der Waals surface area (Å²) in [6, 6.07) is 17.8. The van der Waals surface area contributed by atoms with Crippen LogP contribution in [0.4, 0.5) is 10.5 Å². The lowest BCUT2D eigenvalue weighted by molar-refractivity contribution is -0.121. The van der Waals surface area contributed by atoms with Crippen molar-refractivity contribution in [2.24, 2.45) is 0 Å². The molecule has 1 unspecified atom stereocenters. The maximum Gasteiger partial charge on any atom is 0.535 e. The molecule has 0 radical (unpaired) electrons. The summed E-state index contributed by atoms with van der Waals surface area (Å²) in [6.45, 7) is 4.72. The molecule has 3 aromatic carbocycles. The Kier molecular flexibility index (Phi) is 16.1. The average Bonchev–Trinajstić information content (AvgIpc) is 3.72. The minimum Gasteiger partial charge on any atom is -0.432 e. The first-order valence-electron chi connectivity index (χ1n) is 17.3. The summed E-state index contributed by atoms with van der Waals surface area (Å²) < 4.78 is 21.2. The molecule has 5 rings (SSSR count). The second-order valence-electron chi connectivity index (χ2n) is 11.5. The van der Waals surface area contributed by atoms with Crippen LogP contribution in [-0.2, 0) is 28.5 Å². The third-order valence-corrected chi connectivity index (χ3v) is 8.09. The van der Waals surface area contributed by atoms with Crippen LogP contribution >= 0.6 is 0 Å². The molecule has 0 bridgehead atoms. The van der Waals surface area contributed by atoms with Crippen molar-refractivity contribution in [1.82, 2.24) is 25.8 Å². The second kappa shape index (κ2) is 21.2. The number of hydrogen-bond acceptors (Lipinski definition) is 12. The van der Waals surface area contributed by atoms with Crippen LogP contribution in [0.2, 0.25) is 0 Å². The van der Waals surface area contributed by atoms with Crippen LogP contribution in [0.3, 0.4) is 0 Å². The van der Waals surface area contributed by atoms with Gasteiger partial charge in [-0.1, -0.05) is 35.2 Å². The number of aliphatic hydroxyl groups is 1. The Morgan fingerprint density at radius 2 is 1.62 bits per heavy atom. The lowest BCUT2D eigenvalue weighted by atomic mass is 9.96. The van der Waals surface area contributed by atoms with Gasteiger partial charge in [0.2, 0.25) is 11.8 Å². The minimum atomic E-state index is -0.988. The SMILES string of the molecule is CCOCCNC(=O)c1cccc2c1-c1ccc(NC(=O)CCCC(=O)NCCOCCOC)cc1C2COC(=O)On1nnc2ccccc21.CO. The first-order chi connectivity index (χ1) is 25.9. The fraction of sp³-hybridized carbons (Fsp3) is 0.405. The number of fused-ring (bicyclic) bond motifs is 4. The number of rotatable bonds is 19. The Balaban J connectivity index is 0.00000308. The fourth-order valence-electron chi connectivity index (χ4n) is 5.72. The van der Waals surface area contributed by atoms with Crippen molar-refractivity contribution in [1.29, 1.82) is 0 Å². The molecule has 3 amide bonds. The largest absolute Gasteiger partial charge is 0.535 e. The maximum absolute atomic E-state index is 13.3. The fourth-order valence-corrected chi connectivity index (χ4v) is 5.72. The van der Waals surface area contributed by atoms with Gasteiger partial charge in [-0.15, -0.1) is 5.10 Å². The number of carbonyl (C=O) groups excluding carboxylic acids is 4. The van der Waals surface area contributed by atoms with Gasteiger partial charge in [-0.05, 0) is 71.1 Å². The van der Waals surface area contributed by atoms with Crippen LogP contribution in [0.15, 0.2) is 60.7 Å². The van der Waals surface area contributed by atoms with E-state index in [1.807, 2.05) is 25.1 Å². The van der Waals surface area contributed by atoms with E-state index in [4.69, 9.17) is 28.9 Å². The van der Waals surface area contributed by atoms with Crippen molar-refractivity contribution in [3.63, 3.8) is 0 Å². The summed E-state index contributed by atoms with van der Waals surface area (Å²) in [4.78, 5) is 57.5. The van der Waals surface area contributed by atoms with Gasteiger partial charge in [-0.25, -0.2) is 4.79 Å². The van der Waals surface area contributed by atoms with Crippen molar-refractivity contribution < 1.29 is 48.1 Å². The van der Waals surface area contributed by atoms with Gasteiger partial charge in [-0.3, -0.25) is 19.2 Å². The van der Waals surface area contributed by atoms with E-state index in [0.29, 0.717) is 80.4 Å². The Morgan fingerprint density at radius 1 is 0.849 bits per heavy atom. The number of nitrogens with zero attached hydrogens (tertiary/aromatic N) is 3. The van der Waals surface area contributed by atoms with Crippen LogP contribution in [0.1, 0.15) is 53.6 Å². The van der Waals surface area contributed by atoms with Gasteiger partial charge in [0.25, 0.3) is 5.91 Å². The zero-order chi connectivity index (χ0) is 38.0. The number of benzene rings is 3. The molecule has 1 aromatic heterocycles. The van der Waals surface area contributed by atoms with Crippen molar-refractivity contribution in [2.45, 2.75) is 32.1 Å². The number of amides is 3. The van der Waals surface area contributed by atoms with Crippen LogP contribution in [0.5, 0.6) is 0 Å². The summed E-state index contributed by atoms with van der Waals surface area (Å²) in [5.74, 6) is -1.17. The number of para-hydroxylation sites is 1. The Bertz CT molecular complexity index is 1830. The van der Waals surface area contributed by atoms with E-state index >= 15 is 0 Å². The molecule has 284 valence electrons. The van der Waals surface area contributed by atoms with Gasteiger partial charge in [0.1, 0.15) is 17.6 Å². The molecule has 0 saturated carbocycles. The van der Waals surface area contributed by atoms with Crippen LogP contribution in [0.25, 0.3) is 22.2 Å². The summed E-state index contributed by atoms with van der Waals surface area (Å²) in [5.41, 5.74) is 5.03. The highest BCUT2D eigenvalue weighted by Crippen LogP contribution is 2.47. The number of anilines is 1. The van der Waals surface area contributed by atoms with Crippen molar-refractivity contribution in [3.05, 3.63) is 77.4 Å². The van der Waals surface area contributed by atoms with E-state index in [9.17, 15) is 19.2 Å². The lowest BCUT2D eigenvalue weighted by Crippen LogP contribution is -2.27. The van der Waals surface area contributed by atoms with Crippen LogP contribution in [-0.4, -0.2) is 111 Å². The number of aromatic nitrogens is 3. The highest BCUT2D eigenvalue weighted by Gasteiger charge is 2.33. The van der Waals surface area contributed by atoms with Gasteiger partial charge in [0.05, 0.1) is 26.4 Å². The zero-order valence-electron chi connectivity index (χ0n) is 30.1. The Labute approximate surface area is 307 Å². The molecule has 16 nitrogen and oxygen atoms in total. The Hall–Kier alpha value is -5.42. The minimum absolute atomic E-state index is 0.120. The third kappa shape index (κ3) is 11.3. The molecular formula is C37H46N6O10. The highest BCUT2D eigenvalue weighted by atomic mass is 16.8. The summed E-state index contributed by atoms with van der Waals surface area (Å²) in [7, 11) is 2.59. The molecule has 0 fully saturated rings. The summed E-state index contributed by atoms with van der Waals surface area (Å²) >= 11 is 0. The molecule has 4 aromatic rings. The van der Waals surface area contributed by atoms with Crippen molar-refractivity contribution >= 4 is 40.6 Å². The second-order valence-corrected chi connectivity index (χ2v) is 11.5. The van der Waals surface area contributed by atoms with Gasteiger partial charge < -0.3 is 40.0 Å². The molecule has 1 aliphatic rings. The average molecular weight is 735 g/mol. The van der Waals surface area contributed by atoms with E-state index in [1.165, 1.54) is 0 Å². The number of nitrogens with one attached hydrogen (secondary N) is 3. The van der Waals surface area contributed by atoms with Crippen molar-refractivity contribution in [3.8, 4) is 11.1 Å². The molecule has 1 heterocycles.